The first kappa shape index (κ1) is 15.0. The van der Waals surface area contributed by atoms with Crippen molar-refractivity contribution in [2.24, 2.45) is 0 Å². The number of nitro benzene ring substituents is 1. The zero-order valence-electron chi connectivity index (χ0n) is 11.7. The van der Waals surface area contributed by atoms with E-state index in [2.05, 4.69) is 5.32 Å². The summed E-state index contributed by atoms with van der Waals surface area (Å²) >= 11 is 6.01. The van der Waals surface area contributed by atoms with Crippen molar-refractivity contribution >= 4 is 40.5 Å². The van der Waals surface area contributed by atoms with Gasteiger partial charge in [-0.25, -0.2) is 0 Å². The van der Waals surface area contributed by atoms with E-state index in [-0.39, 0.29) is 28.7 Å². The molecule has 3 rings (SSSR count). The van der Waals surface area contributed by atoms with Crippen molar-refractivity contribution in [3.63, 3.8) is 0 Å². The molecule has 2 aromatic carbocycles. The van der Waals surface area contributed by atoms with Crippen LogP contribution in [0.5, 0.6) is 0 Å². The molecule has 1 aliphatic rings. The van der Waals surface area contributed by atoms with Crippen LogP contribution in [0.15, 0.2) is 42.5 Å². The van der Waals surface area contributed by atoms with Crippen LogP contribution in [-0.4, -0.2) is 23.3 Å². The molecular formula is C15H10ClN3O4. The Bertz CT molecular complexity index is 837. The highest BCUT2D eigenvalue weighted by molar-refractivity contribution is 6.35. The van der Waals surface area contributed by atoms with Crippen LogP contribution in [0, 0.1) is 10.1 Å². The fourth-order valence-corrected chi connectivity index (χ4v) is 2.55. The van der Waals surface area contributed by atoms with Gasteiger partial charge in [0.15, 0.2) is 0 Å². The zero-order chi connectivity index (χ0) is 16.6. The second-order valence-electron chi connectivity index (χ2n) is 4.88. The van der Waals surface area contributed by atoms with Gasteiger partial charge in [0, 0.05) is 12.1 Å². The maximum atomic E-state index is 12.7. The third-order valence-corrected chi connectivity index (χ3v) is 3.74. The monoisotopic (exact) mass is 331 g/mol. The van der Waals surface area contributed by atoms with Crippen LogP contribution < -0.4 is 10.2 Å². The third kappa shape index (κ3) is 2.74. The predicted molar refractivity (Wildman–Crippen MR) is 84.9 cm³/mol. The standard InChI is InChI=1S/C15H10ClN3O4/c16-11-6-5-9(19(22)23)7-10(11)15(21)18-8-14(20)17-12-3-1-2-4-13(12)18/h1-7H,8H2,(H,17,20). The van der Waals surface area contributed by atoms with Crippen LogP contribution in [-0.2, 0) is 4.79 Å². The largest absolute Gasteiger partial charge is 0.323 e. The number of nitro groups is 1. The Hall–Kier alpha value is -2.93. The average molecular weight is 332 g/mol. The summed E-state index contributed by atoms with van der Waals surface area (Å²) < 4.78 is 0. The summed E-state index contributed by atoms with van der Waals surface area (Å²) in [6, 6.07) is 10.4. The number of non-ortho nitro benzene ring substituents is 1. The molecule has 1 aliphatic heterocycles. The summed E-state index contributed by atoms with van der Waals surface area (Å²) in [6.07, 6.45) is 0. The Kier molecular flexibility index (Phi) is 3.71. The quantitative estimate of drug-likeness (QED) is 0.676. The van der Waals surface area contributed by atoms with Gasteiger partial charge in [-0.3, -0.25) is 24.6 Å². The van der Waals surface area contributed by atoms with Gasteiger partial charge in [0.2, 0.25) is 5.91 Å². The topological polar surface area (TPSA) is 92.5 Å². The van der Waals surface area contributed by atoms with Crippen molar-refractivity contribution in [2.45, 2.75) is 0 Å². The lowest BCUT2D eigenvalue weighted by molar-refractivity contribution is -0.384. The number of para-hydroxylation sites is 2. The molecule has 23 heavy (non-hydrogen) atoms. The molecule has 8 heteroatoms. The van der Waals surface area contributed by atoms with Gasteiger partial charge in [-0.1, -0.05) is 23.7 Å². The van der Waals surface area contributed by atoms with E-state index in [1.807, 2.05) is 0 Å². The van der Waals surface area contributed by atoms with Crippen LogP contribution in [0.4, 0.5) is 17.1 Å². The number of carbonyl (C=O) groups is 2. The van der Waals surface area contributed by atoms with E-state index in [4.69, 9.17) is 11.6 Å². The van der Waals surface area contributed by atoms with E-state index in [0.717, 1.165) is 6.07 Å². The summed E-state index contributed by atoms with van der Waals surface area (Å²) in [6.45, 7) is -0.186. The van der Waals surface area contributed by atoms with E-state index < -0.39 is 10.8 Å². The molecule has 0 spiro atoms. The molecule has 2 aromatic rings. The van der Waals surface area contributed by atoms with Crippen LogP contribution in [0.3, 0.4) is 0 Å². The van der Waals surface area contributed by atoms with Gasteiger partial charge < -0.3 is 5.32 Å². The molecule has 0 saturated carbocycles. The molecule has 1 heterocycles. The van der Waals surface area contributed by atoms with E-state index in [1.165, 1.54) is 17.0 Å². The number of carbonyl (C=O) groups excluding carboxylic acids is 2. The fraction of sp³-hybridized carbons (Fsp3) is 0.0667. The lowest BCUT2D eigenvalue weighted by Gasteiger charge is -2.29. The summed E-state index contributed by atoms with van der Waals surface area (Å²) in [5.74, 6) is -0.917. The second kappa shape index (κ2) is 5.69. The Balaban J connectivity index is 2.06. The van der Waals surface area contributed by atoms with E-state index in [1.54, 1.807) is 24.3 Å². The summed E-state index contributed by atoms with van der Waals surface area (Å²) in [5, 5.41) is 13.6. The van der Waals surface area contributed by atoms with Crippen molar-refractivity contribution in [3.8, 4) is 0 Å². The average Bonchev–Trinajstić information content (AvgIpc) is 2.53. The number of nitrogens with one attached hydrogen (secondary N) is 1. The van der Waals surface area contributed by atoms with E-state index in [0.29, 0.717) is 11.4 Å². The molecule has 0 bridgehead atoms. The number of rotatable bonds is 2. The molecule has 0 aromatic heterocycles. The SMILES string of the molecule is O=C1CN(C(=O)c2cc([N+](=O)[O-])ccc2Cl)c2ccccc2N1. The van der Waals surface area contributed by atoms with Crippen LogP contribution in [0.25, 0.3) is 0 Å². The number of hydrogen-bond donors (Lipinski definition) is 1. The summed E-state index contributed by atoms with van der Waals surface area (Å²) in [7, 11) is 0. The molecule has 2 amide bonds. The number of amides is 2. The minimum atomic E-state index is -0.607. The first-order chi connectivity index (χ1) is 11.0. The highest BCUT2D eigenvalue weighted by atomic mass is 35.5. The minimum absolute atomic E-state index is 0.0228. The highest BCUT2D eigenvalue weighted by Gasteiger charge is 2.29. The molecule has 7 nitrogen and oxygen atoms in total. The summed E-state index contributed by atoms with van der Waals surface area (Å²) in [5.41, 5.74) is 0.746. The highest BCUT2D eigenvalue weighted by Crippen LogP contribution is 2.32. The molecular weight excluding hydrogens is 322 g/mol. The number of benzene rings is 2. The maximum Gasteiger partial charge on any atom is 0.270 e. The van der Waals surface area contributed by atoms with E-state index >= 15 is 0 Å². The second-order valence-corrected chi connectivity index (χ2v) is 5.29. The first-order valence-corrected chi connectivity index (χ1v) is 7.00. The van der Waals surface area contributed by atoms with Gasteiger partial charge in [0.1, 0.15) is 6.54 Å². The number of anilines is 2. The van der Waals surface area contributed by atoms with Crippen molar-refractivity contribution in [3.05, 3.63) is 63.2 Å². The zero-order valence-corrected chi connectivity index (χ0v) is 12.4. The molecule has 0 saturated heterocycles. The molecule has 0 unspecified atom stereocenters. The number of hydrogen-bond acceptors (Lipinski definition) is 4. The fourth-order valence-electron chi connectivity index (χ4n) is 2.35. The maximum absolute atomic E-state index is 12.7. The van der Waals surface area contributed by atoms with Gasteiger partial charge in [-0.2, -0.15) is 0 Å². The van der Waals surface area contributed by atoms with Crippen molar-refractivity contribution in [1.29, 1.82) is 0 Å². The Morgan fingerprint density at radius 2 is 2.00 bits per heavy atom. The minimum Gasteiger partial charge on any atom is -0.323 e. The number of nitrogens with zero attached hydrogens (tertiary/aromatic N) is 2. The van der Waals surface area contributed by atoms with Gasteiger partial charge in [0.05, 0.1) is 26.9 Å². The van der Waals surface area contributed by atoms with Crippen molar-refractivity contribution in [1.82, 2.24) is 0 Å². The Labute approximate surface area is 135 Å². The lowest BCUT2D eigenvalue weighted by atomic mass is 10.1. The molecule has 0 atom stereocenters. The normalized spacial score (nSPS) is 13.3. The van der Waals surface area contributed by atoms with Gasteiger partial charge in [-0.15, -0.1) is 0 Å². The van der Waals surface area contributed by atoms with Crippen LogP contribution in [0.1, 0.15) is 10.4 Å². The first-order valence-electron chi connectivity index (χ1n) is 6.62. The summed E-state index contributed by atoms with van der Waals surface area (Å²) in [4.78, 5) is 36.1. The number of halogens is 1. The molecule has 0 aliphatic carbocycles. The molecule has 0 fully saturated rings. The van der Waals surface area contributed by atoms with Crippen molar-refractivity contribution in [2.75, 3.05) is 16.8 Å². The molecule has 0 radical (unpaired) electrons. The Morgan fingerprint density at radius 3 is 2.74 bits per heavy atom. The smallest absolute Gasteiger partial charge is 0.270 e. The Morgan fingerprint density at radius 1 is 1.26 bits per heavy atom. The van der Waals surface area contributed by atoms with Gasteiger partial charge >= 0.3 is 0 Å². The lowest BCUT2D eigenvalue weighted by Crippen LogP contribution is -2.42. The molecule has 116 valence electrons. The number of fused-ring (bicyclic) bond motifs is 1. The molecule has 1 N–H and O–H groups in total. The van der Waals surface area contributed by atoms with Crippen molar-refractivity contribution < 1.29 is 14.5 Å². The van der Waals surface area contributed by atoms with E-state index in [9.17, 15) is 19.7 Å². The predicted octanol–water partition coefficient (Wildman–Crippen LogP) is 2.85. The van der Waals surface area contributed by atoms with Gasteiger partial charge in [-0.05, 0) is 18.2 Å². The van der Waals surface area contributed by atoms with Crippen LogP contribution in [0.2, 0.25) is 5.02 Å². The van der Waals surface area contributed by atoms with Crippen LogP contribution >= 0.6 is 11.6 Å². The third-order valence-electron chi connectivity index (χ3n) is 3.41. The van der Waals surface area contributed by atoms with Gasteiger partial charge in [0.25, 0.3) is 11.6 Å².